The van der Waals surface area contributed by atoms with Gasteiger partial charge in [-0.25, -0.2) is 4.99 Å². The maximum atomic E-state index is 4.36. The van der Waals surface area contributed by atoms with Gasteiger partial charge in [0.25, 0.3) is 0 Å². The Hall–Kier alpha value is -1.13. The van der Waals surface area contributed by atoms with Crippen molar-refractivity contribution >= 4 is 17.4 Å². The van der Waals surface area contributed by atoms with Crippen molar-refractivity contribution in [1.82, 2.24) is 20.2 Å². The second-order valence-corrected chi connectivity index (χ2v) is 1.69. The summed E-state index contributed by atoms with van der Waals surface area (Å²) in [5.74, 6) is 0. The fourth-order valence-electron chi connectivity index (χ4n) is 0.476. The van der Waals surface area contributed by atoms with Crippen LogP contribution >= 0.6 is 12.2 Å². The molecular weight excluding hydrogens is 150 g/mol. The number of hydrogen-bond acceptors (Lipinski definition) is 5. The molecule has 0 saturated carbocycles. The molecule has 1 aromatic heterocycles. The summed E-state index contributed by atoms with van der Waals surface area (Å²) in [4.78, 5) is 5.12. The summed E-state index contributed by atoms with van der Waals surface area (Å²) in [6.07, 6.45) is 1.38. The summed E-state index contributed by atoms with van der Waals surface area (Å²) in [5, 5.41) is 13.1. The first-order chi connectivity index (χ1) is 4.93. The van der Waals surface area contributed by atoms with Crippen LogP contribution in [0.15, 0.2) is 11.3 Å². The highest BCUT2D eigenvalue weighted by Gasteiger charge is 1.88. The molecule has 0 radical (unpaired) electrons. The predicted molar refractivity (Wildman–Crippen MR) is 37.7 cm³/mol. The van der Waals surface area contributed by atoms with Gasteiger partial charge in [-0.15, -0.1) is 10.2 Å². The van der Waals surface area contributed by atoms with Crippen molar-refractivity contribution in [3.8, 4) is 0 Å². The highest BCUT2D eigenvalue weighted by molar-refractivity contribution is 7.78. The van der Waals surface area contributed by atoms with Crippen LogP contribution in [-0.4, -0.2) is 31.9 Å². The maximum Gasteiger partial charge on any atom is 0.162 e. The monoisotopic (exact) mass is 155 g/mol. The molecule has 0 aromatic carbocycles. The van der Waals surface area contributed by atoms with Crippen molar-refractivity contribution in [2.24, 2.45) is 4.99 Å². The molecule has 6 heteroatoms. The molecule has 1 rings (SSSR count). The van der Waals surface area contributed by atoms with Gasteiger partial charge in [-0.3, -0.25) is 0 Å². The lowest BCUT2D eigenvalue weighted by molar-refractivity contribution is 0.532. The topological polar surface area (TPSA) is 56.0 Å². The Morgan fingerprint density at radius 3 is 3.20 bits per heavy atom. The normalized spacial score (nSPS) is 8.80. The minimum Gasteiger partial charge on any atom is -0.231 e. The summed E-state index contributed by atoms with van der Waals surface area (Å²) in [5.41, 5.74) is 0. The maximum absolute atomic E-state index is 4.36. The van der Waals surface area contributed by atoms with E-state index in [4.69, 9.17) is 0 Å². The zero-order valence-electron chi connectivity index (χ0n) is 5.14. The van der Waals surface area contributed by atoms with Gasteiger partial charge in [0.15, 0.2) is 6.33 Å². The quantitative estimate of drug-likeness (QED) is 0.447. The van der Waals surface area contributed by atoms with Gasteiger partial charge >= 0.3 is 0 Å². The highest BCUT2D eigenvalue weighted by Crippen LogP contribution is 1.75. The zero-order valence-corrected chi connectivity index (χ0v) is 5.95. The Labute approximate surface area is 62.8 Å². The van der Waals surface area contributed by atoms with E-state index in [0.29, 0.717) is 13.1 Å². The third kappa shape index (κ3) is 2.00. The molecule has 0 bridgehead atoms. The van der Waals surface area contributed by atoms with Crippen LogP contribution in [0.4, 0.5) is 0 Å². The van der Waals surface area contributed by atoms with Gasteiger partial charge in [0, 0.05) is 0 Å². The molecule has 0 amide bonds. The first-order valence-corrected chi connectivity index (χ1v) is 3.08. The van der Waals surface area contributed by atoms with E-state index in [1.54, 1.807) is 0 Å². The molecule has 0 fully saturated rings. The second kappa shape index (κ2) is 3.81. The van der Waals surface area contributed by atoms with Crippen molar-refractivity contribution in [3.63, 3.8) is 0 Å². The Balaban J connectivity index is 2.34. The summed E-state index contributed by atoms with van der Waals surface area (Å²) in [6.45, 7) is 1.16. The summed E-state index contributed by atoms with van der Waals surface area (Å²) >= 11 is 4.36. The number of nitrogens with zero attached hydrogens (tertiary/aromatic N) is 5. The van der Waals surface area contributed by atoms with Crippen molar-refractivity contribution < 1.29 is 0 Å². The van der Waals surface area contributed by atoms with E-state index in [-0.39, 0.29) is 0 Å². The summed E-state index contributed by atoms with van der Waals surface area (Å²) in [7, 11) is 0. The van der Waals surface area contributed by atoms with Crippen LogP contribution in [0.5, 0.6) is 0 Å². The molecule has 0 unspecified atom stereocenters. The number of aromatic nitrogens is 4. The Morgan fingerprint density at radius 2 is 2.60 bits per heavy atom. The predicted octanol–water partition coefficient (Wildman–Crippen LogP) is -0.224. The van der Waals surface area contributed by atoms with Gasteiger partial charge < -0.3 is 0 Å². The lowest BCUT2D eigenvalue weighted by Gasteiger charge is -1.89. The van der Waals surface area contributed by atoms with E-state index in [1.807, 2.05) is 0 Å². The highest BCUT2D eigenvalue weighted by atomic mass is 32.1. The fourth-order valence-corrected chi connectivity index (χ4v) is 0.567. The van der Waals surface area contributed by atoms with Crippen LogP contribution in [-0.2, 0) is 6.54 Å². The number of hydrogen-bond donors (Lipinski definition) is 0. The first-order valence-electron chi connectivity index (χ1n) is 2.68. The zero-order chi connectivity index (χ0) is 7.23. The molecule has 0 aliphatic carbocycles. The van der Waals surface area contributed by atoms with E-state index in [9.17, 15) is 0 Å². The van der Waals surface area contributed by atoms with E-state index in [1.165, 1.54) is 11.1 Å². The standard InChI is InChI=1S/C4H5N5S/c10-4-5-1-2-9-7-3-6-8-9/h3H,1-2H2. The smallest absolute Gasteiger partial charge is 0.162 e. The summed E-state index contributed by atoms with van der Waals surface area (Å²) in [6, 6.07) is 0. The molecule has 0 atom stereocenters. The number of rotatable bonds is 3. The first kappa shape index (κ1) is 6.98. The number of isothiocyanates is 1. The molecule has 0 aliphatic heterocycles. The van der Waals surface area contributed by atoms with Crippen molar-refractivity contribution in [2.45, 2.75) is 6.54 Å². The lowest BCUT2D eigenvalue weighted by atomic mass is 10.7. The van der Waals surface area contributed by atoms with Crippen LogP contribution in [0.25, 0.3) is 0 Å². The molecule has 0 aliphatic rings. The van der Waals surface area contributed by atoms with E-state index in [2.05, 4.69) is 37.8 Å². The molecule has 0 saturated heterocycles. The average molecular weight is 155 g/mol. The van der Waals surface area contributed by atoms with Crippen LogP contribution in [0, 0.1) is 0 Å². The van der Waals surface area contributed by atoms with Gasteiger partial charge in [-0.1, -0.05) is 0 Å². The van der Waals surface area contributed by atoms with E-state index in [0.717, 1.165) is 0 Å². The molecule has 52 valence electrons. The Morgan fingerprint density at radius 1 is 1.70 bits per heavy atom. The van der Waals surface area contributed by atoms with Gasteiger partial charge in [-0.05, 0) is 17.4 Å². The molecule has 1 heterocycles. The van der Waals surface area contributed by atoms with Gasteiger partial charge in [0.05, 0.1) is 18.3 Å². The Kier molecular flexibility index (Phi) is 2.66. The minimum absolute atomic E-state index is 0.555. The van der Waals surface area contributed by atoms with E-state index < -0.39 is 0 Å². The second-order valence-electron chi connectivity index (χ2n) is 1.50. The van der Waals surface area contributed by atoms with Gasteiger partial charge in [-0.2, -0.15) is 4.80 Å². The van der Waals surface area contributed by atoms with Crippen LogP contribution < -0.4 is 0 Å². The van der Waals surface area contributed by atoms with Crippen LogP contribution in [0.1, 0.15) is 0 Å². The number of tetrazole rings is 1. The number of thiocarbonyl (C=S) groups is 1. The Bertz CT molecular complexity index is 224. The fraction of sp³-hybridized carbons (Fsp3) is 0.500. The molecular formula is C4H5N5S. The SMILES string of the molecule is S=C=NCCn1ncnn1. The third-order valence-electron chi connectivity index (χ3n) is 0.868. The molecule has 0 N–H and O–H groups in total. The van der Waals surface area contributed by atoms with Crippen molar-refractivity contribution in [1.29, 1.82) is 0 Å². The third-order valence-corrected chi connectivity index (χ3v) is 0.997. The molecule has 10 heavy (non-hydrogen) atoms. The molecule has 1 aromatic rings. The summed E-state index contributed by atoms with van der Waals surface area (Å²) < 4.78 is 0. The lowest BCUT2D eigenvalue weighted by Crippen LogP contribution is -2.04. The number of aliphatic imine (C=N–C) groups is 1. The average Bonchev–Trinajstić information content (AvgIpc) is 2.41. The largest absolute Gasteiger partial charge is 0.231 e. The van der Waals surface area contributed by atoms with Crippen LogP contribution in [0.3, 0.4) is 0 Å². The van der Waals surface area contributed by atoms with Crippen LogP contribution in [0.2, 0.25) is 0 Å². The van der Waals surface area contributed by atoms with Gasteiger partial charge in [0.1, 0.15) is 0 Å². The van der Waals surface area contributed by atoms with Crippen molar-refractivity contribution in [3.05, 3.63) is 6.33 Å². The molecule has 5 nitrogen and oxygen atoms in total. The minimum atomic E-state index is 0.555. The van der Waals surface area contributed by atoms with Crippen molar-refractivity contribution in [2.75, 3.05) is 6.54 Å². The van der Waals surface area contributed by atoms with E-state index >= 15 is 0 Å². The molecule has 0 spiro atoms. The van der Waals surface area contributed by atoms with Gasteiger partial charge in [0.2, 0.25) is 0 Å².